The van der Waals surface area contributed by atoms with E-state index in [4.69, 9.17) is 15.6 Å². The van der Waals surface area contributed by atoms with Crippen molar-refractivity contribution in [2.45, 2.75) is 63.7 Å². The van der Waals surface area contributed by atoms with Crippen LogP contribution >= 0.6 is 0 Å². The molecule has 1 amide bonds. The summed E-state index contributed by atoms with van der Waals surface area (Å²) in [7, 11) is 1.57. The third-order valence-electron chi connectivity index (χ3n) is 8.26. The summed E-state index contributed by atoms with van der Waals surface area (Å²) in [5.41, 5.74) is 3.76. The molecule has 3 N–H and O–H groups in total. The first-order chi connectivity index (χ1) is 18.3. The Balaban J connectivity index is 1.41. The third kappa shape index (κ3) is 4.99. The van der Waals surface area contributed by atoms with Crippen molar-refractivity contribution in [3.63, 3.8) is 0 Å². The number of amides is 1. The lowest BCUT2D eigenvalue weighted by molar-refractivity contribution is -0.134. The molecular formula is C30H38FN5O2. The van der Waals surface area contributed by atoms with Crippen molar-refractivity contribution in [1.29, 1.82) is 10.8 Å². The van der Waals surface area contributed by atoms with Crippen LogP contribution in [-0.4, -0.2) is 55.5 Å². The van der Waals surface area contributed by atoms with Gasteiger partial charge in [-0.05, 0) is 72.2 Å². The number of aryl methyl sites for hydroxylation is 1. The second kappa shape index (κ2) is 10.9. The van der Waals surface area contributed by atoms with Gasteiger partial charge < -0.3 is 19.9 Å². The minimum absolute atomic E-state index is 0.0109. The molecule has 8 heteroatoms. The Morgan fingerprint density at radius 3 is 2.74 bits per heavy atom. The molecule has 2 aliphatic heterocycles. The molecule has 0 bridgehead atoms. The molecule has 1 saturated carbocycles. The van der Waals surface area contributed by atoms with Crippen LogP contribution in [0, 0.1) is 16.7 Å². The molecule has 2 heterocycles. The number of ether oxygens (including phenoxy) is 1. The molecule has 3 aliphatic rings. The van der Waals surface area contributed by atoms with Gasteiger partial charge in [-0.2, -0.15) is 0 Å². The largest absolute Gasteiger partial charge is 0.375 e. The van der Waals surface area contributed by atoms with Crippen LogP contribution in [0.4, 0.5) is 10.1 Å². The maximum Gasteiger partial charge on any atom is 0.258 e. The normalized spacial score (nSPS) is 18.9. The molecule has 7 nitrogen and oxygen atoms in total. The first kappa shape index (κ1) is 26.5. The number of fused-ring (bicyclic) bond motifs is 1. The fourth-order valence-corrected chi connectivity index (χ4v) is 5.78. The fraction of sp³-hybridized carbons (Fsp3) is 0.500. The minimum Gasteiger partial charge on any atom is -0.375 e. The zero-order valence-corrected chi connectivity index (χ0v) is 22.4. The summed E-state index contributed by atoms with van der Waals surface area (Å²) in [6.45, 7) is 4.23. The van der Waals surface area contributed by atoms with E-state index in [2.05, 4.69) is 18.3 Å². The molecule has 2 aromatic carbocycles. The number of nitrogens with zero attached hydrogens (tertiary/aromatic N) is 2. The van der Waals surface area contributed by atoms with Crippen molar-refractivity contribution in [2.24, 2.45) is 5.92 Å². The lowest BCUT2D eigenvalue weighted by atomic mass is 9.80. The van der Waals surface area contributed by atoms with Gasteiger partial charge in [0.1, 0.15) is 5.84 Å². The van der Waals surface area contributed by atoms with Gasteiger partial charge in [-0.25, -0.2) is 4.39 Å². The summed E-state index contributed by atoms with van der Waals surface area (Å²) in [5.74, 6) is -0.168. The Morgan fingerprint density at radius 2 is 2.11 bits per heavy atom. The quantitative estimate of drug-likeness (QED) is 0.287. The van der Waals surface area contributed by atoms with E-state index < -0.39 is 11.6 Å². The SMILES string of the molecule is CCCc1cc(CNCC2CCC2)cc2c1CN(c1cccc(C(C(=N)N(C)C=N)C3(F)COC3)c1)C2=O. The highest BCUT2D eigenvalue weighted by molar-refractivity contribution is 6.10. The van der Waals surface area contributed by atoms with Gasteiger partial charge in [-0.1, -0.05) is 38.0 Å². The monoisotopic (exact) mass is 519 g/mol. The molecule has 0 aromatic heterocycles. The van der Waals surface area contributed by atoms with Crippen molar-refractivity contribution in [2.75, 3.05) is 31.7 Å². The van der Waals surface area contributed by atoms with Crippen molar-refractivity contribution in [3.8, 4) is 0 Å². The lowest BCUT2D eigenvalue weighted by Gasteiger charge is -2.42. The number of alkyl halides is 1. The number of likely N-dealkylation sites (N-methyl/N-ethyl adjacent to an activating group) is 1. The molecule has 1 saturated heterocycles. The number of nitrogens with one attached hydrogen (secondary N) is 3. The highest BCUT2D eigenvalue weighted by Gasteiger charge is 2.50. The van der Waals surface area contributed by atoms with Crippen molar-refractivity contribution < 1.29 is 13.9 Å². The molecule has 5 rings (SSSR count). The molecule has 2 aromatic rings. The average Bonchev–Trinajstić information content (AvgIpc) is 3.21. The Labute approximate surface area is 224 Å². The van der Waals surface area contributed by atoms with E-state index in [9.17, 15) is 4.79 Å². The van der Waals surface area contributed by atoms with E-state index in [0.717, 1.165) is 54.9 Å². The van der Waals surface area contributed by atoms with E-state index in [1.54, 1.807) is 18.0 Å². The summed E-state index contributed by atoms with van der Waals surface area (Å²) < 4.78 is 20.9. The van der Waals surface area contributed by atoms with Crippen LogP contribution in [0.1, 0.15) is 71.1 Å². The predicted octanol–water partition coefficient (Wildman–Crippen LogP) is 5.03. The van der Waals surface area contributed by atoms with Crippen molar-refractivity contribution in [3.05, 3.63) is 64.2 Å². The van der Waals surface area contributed by atoms with E-state index in [1.165, 1.54) is 29.7 Å². The molecular weight excluding hydrogens is 481 g/mol. The molecule has 2 fully saturated rings. The standard InChI is InChI=1S/C30H38FN5O2/c1-3-6-22-11-21(15-34-14-20-7-4-8-20)12-25-26(22)16-36(29(25)37)24-10-5-9-23(13-24)27(28(33)35(2)19-32)30(31)17-38-18-30/h5,9-13,19-20,27,32-34H,3-4,6-8,14-18H2,1-2H3. The molecule has 0 radical (unpaired) electrons. The molecule has 1 unspecified atom stereocenters. The number of carbonyl (C=O) groups excluding carboxylic acids is 1. The summed E-state index contributed by atoms with van der Waals surface area (Å²) in [6, 6.07) is 11.6. The number of amidine groups is 1. The number of anilines is 1. The predicted molar refractivity (Wildman–Crippen MR) is 148 cm³/mol. The first-order valence-electron chi connectivity index (χ1n) is 13.7. The van der Waals surface area contributed by atoms with Crippen LogP contribution in [0.3, 0.4) is 0 Å². The van der Waals surface area contributed by atoms with Crippen LogP contribution in [0.25, 0.3) is 0 Å². The van der Waals surface area contributed by atoms with E-state index in [-0.39, 0.29) is 25.0 Å². The fourth-order valence-electron chi connectivity index (χ4n) is 5.78. The van der Waals surface area contributed by atoms with E-state index >= 15 is 4.39 Å². The van der Waals surface area contributed by atoms with Crippen LogP contribution in [-0.2, 0) is 24.2 Å². The van der Waals surface area contributed by atoms with Gasteiger partial charge in [0.15, 0.2) is 5.67 Å². The molecule has 38 heavy (non-hydrogen) atoms. The topological polar surface area (TPSA) is 92.5 Å². The number of rotatable bonds is 11. The highest BCUT2D eigenvalue weighted by Crippen LogP contribution is 2.41. The van der Waals surface area contributed by atoms with Gasteiger partial charge in [0.05, 0.1) is 32.0 Å². The highest BCUT2D eigenvalue weighted by atomic mass is 19.1. The van der Waals surface area contributed by atoms with Gasteiger partial charge in [0.25, 0.3) is 5.91 Å². The van der Waals surface area contributed by atoms with E-state index in [1.807, 2.05) is 24.3 Å². The Bertz CT molecular complexity index is 1220. The zero-order chi connectivity index (χ0) is 26.9. The molecule has 0 spiro atoms. The van der Waals surface area contributed by atoms with Gasteiger partial charge in [0.2, 0.25) is 0 Å². The Morgan fingerprint density at radius 1 is 1.32 bits per heavy atom. The van der Waals surface area contributed by atoms with Gasteiger partial charge in [-0.3, -0.25) is 15.6 Å². The van der Waals surface area contributed by atoms with Crippen LogP contribution in [0.15, 0.2) is 36.4 Å². The van der Waals surface area contributed by atoms with Crippen molar-refractivity contribution in [1.82, 2.24) is 10.2 Å². The summed E-state index contributed by atoms with van der Waals surface area (Å²) in [5, 5.41) is 19.7. The molecule has 202 valence electrons. The zero-order valence-electron chi connectivity index (χ0n) is 22.4. The first-order valence-corrected chi connectivity index (χ1v) is 13.7. The summed E-state index contributed by atoms with van der Waals surface area (Å²) >= 11 is 0. The molecule has 1 atom stereocenters. The van der Waals surface area contributed by atoms with Crippen molar-refractivity contribution >= 4 is 23.8 Å². The third-order valence-corrected chi connectivity index (χ3v) is 8.26. The lowest BCUT2D eigenvalue weighted by Crippen LogP contribution is -2.54. The average molecular weight is 520 g/mol. The summed E-state index contributed by atoms with van der Waals surface area (Å²) in [6.07, 6.45) is 6.87. The van der Waals surface area contributed by atoms with E-state index in [0.29, 0.717) is 17.8 Å². The maximum absolute atomic E-state index is 15.7. The van der Waals surface area contributed by atoms with Crippen LogP contribution in [0.2, 0.25) is 0 Å². The number of benzene rings is 2. The maximum atomic E-state index is 15.7. The van der Waals surface area contributed by atoms with Gasteiger partial charge >= 0.3 is 0 Å². The van der Waals surface area contributed by atoms with Gasteiger partial charge in [0, 0.05) is 24.8 Å². The second-order valence-electron chi connectivity index (χ2n) is 11.0. The second-order valence-corrected chi connectivity index (χ2v) is 11.0. The number of halogens is 1. The smallest absolute Gasteiger partial charge is 0.258 e. The number of hydrogen-bond acceptors (Lipinski definition) is 5. The van der Waals surface area contributed by atoms with Crippen LogP contribution in [0.5, 0.6) is 0 Å². The Hall–Kier alpha value is -3.10. The van der Waals surface area contributed by atoms with Crippen LogP contribution < -0.4 is 10.2 Å². The minimum atomic E-state index is -1.72. The number of hydrogen-bond donors (Lipinski definition) is 3. The summed E-state index contributed by atoms with van der Waals surface area (Å²) in [4.78, 5) is 16.8. The Kier molecular flexibility index (Phi) is 7.63. The number of carbonyl (C=O) groups is 1. The molecule has 1 aliphatic carbocycles. The van der Waals surface area contributed by atoms with Gasteiger partial charge in [-0.15, -0.1) is 0 Å².